The fourth-order valence-electron chi connectivity index (χ4n) is 3.51. The minimum atomic E-state index is -0.910. The number of rotatable bonds is 6. The van der Waals surface area contributed by atoms with Gasteiger partial charge in [0.05, 0.1) is 10.7 Å². The number of carbonyl (C=O) groups excluding carboxylic acids is 2. The third kappa shape index (κ3) is 6.54. The summed E-state index contributed by atoms with van der Waals surface area (Å²) >= 11 is 6.27. The van der Waals surface area contributed by atoms with Gasteiger partial charge in [-0.25, -0.2) is 4.79 Å². The molecule has 0 aliphatic rings. The molecule has 3 aromatic rings. The fourth-order valence-corrected chi connectivity index (χ4v) is 3.74. The number of amides is 2. The summed E-state index contributed by atoms with van der Waals surface area (Å²) < 4.78 is 11.3. The summed E-state index contributed by atoms with van der Waals surface area (Å²) in [5.41, 5.74) is -0.595. The SMILES string of the molecule is CC(C)C[C@H](NC(=O)OC(C)(C)C)C(=O)Nc1ccc(O)c2c(=O)cc(-c3ccccc3Cl)oc12. The van der Waals surface area contributed by atoms with Gasteiger partial charge in [0.1, 0.15) is 28.5 Å². The molecule has 2 amide bonds. The van der Waals surface area contributed by atoms with Crippen molar-refractivity contribution in [3.63, 3.8) is 0 Å². The predicted molar refractivity (Wildman–Crippen MR) is 136 cm³/mol. The van der Waals surface area contributed by atoms with E-state index in [2.05, 4.69) is 10.6 Å². The minimum Gasteiger partial charge on any atom is -0.507 e. The van der Waals surface area contributed by atoms with E-state index >= 15 is 0 Å². The number of hydrogen-bond acceptors (Lipinski definition) is 6. The van der Waals surface area contributed by atoms with Crippen LogP contribution in [0, 0.1) is 5.92 Å². The summed E-state index contributed by atoms with van der Waals surface area (Å²) in [4.78, 5) is 38.4. The predicted octanol–water partition coefficient (Wildman–Crippen LogP) is 5.70. The molecule has 186 valence electrons. The maximum Gasteiger partial charge on any atom is 0.408 e. The zero-order valence-electron chi connectivity index (χ0n) is 20.3. The number of benzene rings is 2. The quantitative estimate of drug-likeness (QED) is 0.374. The van der Waals surface area contributed by atoms with Gasteiger partial charge in [0.15, 0.2) is 11.0 Å². The highest BCUT2D eigenvalue weighted by Crippen LogP contribution is 2.34. The first-order chi connectivity index (χ1) is 16.4. The van der Waals surface area contributed by atoms with Crippen molar-refractivity contribution in [2.24, 2.45) is 5.92 Å². The lowest BCUT2D eigenvalue weighted by Crippen LogP contribution is -2.46. The summed E-state index contributed by atoms with van der Waals surface area (Å²) in [5, 5.41) is 15.9. The second kappa shape index (κ2) is 10.4. The van der Waals surface area contributed by atoms with Gasteiger partial charge in [-0.2, -0.15) is 0 Å². The van der Waals surface area contributed by atoms with E-state index in [9.17, 15) is 19.5 Å². The van der Waals surface area contributed by atoms with Crippen molar-refractivity contribution in [2.75, 3.05) is 5.32 Å². The van der Waals surface area contributed by atoms with Gasteiger partial charge < -0.3 is 24.9 Å². The van der Waals surface area contributed by atoms with Gasteiger partial charge in [-0.1, -0.05) is 37.6 Å². The van der Waals surface area contributed by atoms with Gasteiger partial charge in [-0.3, -0.25) is 9.59 Å². The van der Waals surface area contributed by atoms with Crippen molar-refractivity contribution in [3.05, 3.63) is 57.7 Å². The number of phenols is 1. The van der Waals surface area contributed by atoms with Crippen molar-refractivity contribution in [1.29, 1.82) is 0 Å². The summed E-state index contributed by atoms with van der Waals surface area (Å²) in [5.74, 6) is -0.549. The highest BCUT2D eigenvalue weighted by molar-refractivity contribution is 6.33. The molecule has 3 N–H and O–H groups in total. The van der Waals surface area contributed by atoms with E-state index in [1.807, 2.05) is 13.8 Å². The van der Waals surface area contributed by atoms with Crippen LogP contribution in [0.15, 0.2) is 51.7 Å². The maximum absolute atomic E-state index is 13.2. The van der Waals surface area contributed by atoms with E-state index in [-0.39, 0.29) is 34.1 Å². The number of ether oxygens (including phenoxy) is 1. The Bertz CT molecular complexity index is 1310. The number of halogens is 1. The van der Waals surface area contributed by atoms with Crippen LogP contribution < -0.4 is 16.1 Å². The number of fused-ring (bicyclic) bond motifs is 1. The average Bonchev–Trinajstić information content (AvgIpc) is 2.73. The van der Waals surface area contributed by atoms with Gasteiger partial charge in [0, 0.05) is 11.6 Å². The Morgan fingerprint density at radius 3 is 2.46 bits per heavy atom. The highest BCUT2D eigenvalue weighted by atomic mass is 35.5. The minimum absolute atomic E-state index is 0.0127. The molecule has 1 atom stereocenters. The summed E-state index contributed by atoms with van der Waals surface area (Å²) in [6, 6.07) is 9.89. The number of alkyl carbamates (subject to hydrolysis) is 1. The van der Waals surface area contributed by atoms with Crippen molar-refractivity contribution in [1.82, 2.24) is 5.32 Å². The number of anilines is 1. The van der Waals surface area contributed by atoms with Crippen molar-refractivity contribution >= 4 is 40.3 Å². The van der Waals surface area contributed by atoms with Crippen LogP contribution in [-0.2, 0) is 9.53 Å². The molecule has 8 nitrogen and oxygen atoms in total. The van der Waals surface area contributed by atoms with Crippen LogP contribution in [0.25, 0.3) is 22.3 Å². The number of phenolic OH excluding ortho intramolecular Hbond substituents is 1. The van der Waals surface area contributed by atoms with E-state index in [4.69, 9.17) is 20.8 Å². The van der Waals surface area contributed by atoms with E-state index in [0.717, 1.165) is 0 Å². The molecule has 35 heavy (non-hydrogen) atoms. The van der Waals surface area contributed by atoms with Crippen LogP contribution in [0.4, 0.5) is 10.5 Å². The normalized spacial score (nSPS) is 12.4. The molecule has 0 aliphatic heterocycles. The monoisotopic (exact) mass is 500 g/mol. The summed E-state index contributed by atoms with van der Waals surface area (Å²) in [6.07, 6.45) is -0.378. The Morgan fingerprint density at radius 1 is 1.14 bits per heavy atom. The molecule has 0 fully saturated rings. The van der Waals surface area contributed by atoms with Crippen LogP contribution in [0.3, 0.4) is 0 Å². The summed E-state index contributed by atoms with van der Waals surface area (Å²) in [6.45, 7) is 9.02. The topological polar surface area (TPSA) is 118 Å². The smallest absolute Gasteiger partial charge is 0.408 e. The fraction of sp³-hybridized carbons (Fsp3) is 0.346. The van der Waals surface area contributed by atoms with Crippen LogP contribution in [0.2, 0.25) is 5.02 Å². The van der Waals surface area contributed by atoms with Crippen LogP contribution in [0.1, 0.15) is 41.0 Å². The Morgan fingerprint density at radius 2 is 1.83 bits per heavy atom. The molecular formula is C26H29ClN2O6. The second-order valence-corrected chi connectivity index (χ2v) is 10.0. The molecular weight excluding hydrogens is 472 g/mol. The van der Waals surface area contributed by atoms with Gasteiger partial charge in [0.2, 0.25) is 5.91 Å². The molecule has 0 aliphatic carbocycles. The molecule has 0 unspecified atom stereocenters. The highest BCUT2D eigenvalue weighted by Gasteiger charge is 2.26. The molecule has 0 bridgehead atoms. The molecule has 1 heterocycles. The van der Waals surface area contributed by atoms with Gasteiger partial charge in [-0.05, 0) is 57.4 Å². The second-order valence-electron chi connectivity index (χ2n) is 9.61. The van der Waals surface area contributed by atoms with Crippen LogP contribution in [-0.4, -0.2) is 28.7 Å². The van der Waals surface area contributed by atoms with Gasteiger partial charge in [0.25, 0.3) is 0 Å². The molecule has 1 aromatic heterocycles. The van der Waals surface area contributed by atoms with E-state index in [0.29, 0.717) is 17.0 Å². The zero-order chi connectivity index (χ0) is 25.9. The van der Waals surface area contributed by atoms with E-state index in [1.165, 1.54) is 18.2 Å². The standard InChI is InChI=1S/C26H29ClN2O6/c1-14(2)12-18(29-25(33)35-26(3,4)5)24(32)28-17-10-11-19(30)22-20(31)13-21(34-23(17)22)15-8-6-7-9-16(15)27/h6-11,13-14,18,30H,12H2,1-5H3,(H,28,32)(H,29,33)/t18-/m0/s1. The Labute approximate surface area is 208 Å². The first kappa shape index (κ1) is 26.1. The van der Waals surface area contributed by atoms with Crippen molar-refractivity contribution in [3.8, 4) is 17.1 Å². The van der Waals surface area contributed by atoms with Gasteiger partial charge >= 0.3 is 6.09 Å². The van der Waals surface area contributed by atoms with Gasteiger partial charge in [-0.15, -0.1) is 0 Å². The molecule has 0 radical (unpaired) electrons. The van der Waals surface area contributed by atoms with Crippen molar-refractivity contribution in [2.45, 2.75) is 52.7 Å². The number of nitrogens with one attached hydrogen (secondary N) is 2. The number of aromatic hydroxyl groups is 1. The maximum atomic E-state index is 13.2. The lowest BCUT2D eigenvalue weighted by atomic mass is 10.0. The first-order valence-corrected chi connectivity index (χ1v) is 11.6. The van der Waals surface area contributed by atoms with Crippen molar-refractivity contribution < 1.29 is 23.8 Å². The van der Waals surface area contributed by atoms with Crippen LogP contribution in [0.5, 0.6) is 5.75 Å². The Balaban J connectivity index is 2.00. The number of hydrogen-bond donors (Lipinski definition) is 3. The van der Waals surface area contributed by atoms with E-state index in [1.54, 1.807) is 45.0 Å². The number of carbonyl (C=O) groups is 2. The molecule has 0 saturated carbocycles. The third-order valence-corrected chi connectivity index (χ3v) is 5.30. The van der Waals surface area contributed by atoms with E-state index < -0.39 is 29.1 Å². The summed E-state index contributed by atoms with van der Waals surface area (Å²) in [7, 11) is 0. The lowest BCUT2D eigenvalue weighted by molar-refractivity contribution is -0.118. The molecule has 0 saturated heterocycles. The first-order valence-electron chi connectivity index (χ1n) is 11.2. The largest absolute Gasteiger partial charge is 0.507 e. The Hall–Kier alpha value is -3.52. The molecule has 0 spiro atoms. The zero-order valence-corrected chi connectivity index (χ0v) is 21.0. The lowest BCUT2D eigenvalue weighted by Gasteiger charge is -2.24. The average molecular weight is 501 g/mol. The molecule has 3 rings (SSSR count). The molecule has 9 heteroatoms. The Kier molecular flexibility index (Phi) is 7.75. The third-order valence-electron chi connectivity index (χ3n) is 4.97. The molecule has 2 aromatic carbocycles. The van der Waals surface area contributed by atoms with Crippen LogP contribution >= 0.6 is 11.6 Å².